The smallest absolute Gasteiger partial charge is 0.408 e. The van der Waals surface area contributed by atoms with Gasteiger partial charge in [-0.3, -0.25) is 4.79 Å². The number of thiazole rings is 1. The third-order valence-corrected chi connectivity index (χ3v) is 5.08. The maximum atomic E-state index is 12.7. The number of ether oxygens (including phenoxy) is 2. The number of hydrogen-bond donors (Lipinski definition) is 2. The standard InChI is InChI=1S/C23H23N3O5S/c1-16(27)24-22-25-19(15-32-22)14-30-21(28)20(12-17-8-4-2-5-9-17)26-23(29)31-13-18-10-6-3-7-11-18/h2-11,15,20H,12-14H2,1H3,(H,26,29)(H,24,25,27)/t20-/m0/s1. The SMILES string of the molecule is CC(=O)Nc1nc(COC(=O)[C@H](Cc2ccccc2)NC(=O)OCc2ccccc2)cs1. The van der Waals surface area contributed by atoms with Gasteiger partial charge in [-0.15, -0.1) is 11.3 Å². The molecule has 1 heterocycles. The molecule has 3 aromatic rings. The van der Waals surface area contributed by atoms with Crippen LogP contribution in [0.4, 0.5) is 9.93 Å². The Kier molecular flexibility index (Phi) is 8.33. The molecule has 0 spiro atoms. The Morgan fingerprint density at radius 2 is 1.59 bits per heavy atom. The van der Waals surface area contributed by atoms with Crippen molar-refractivity contribution in [3.63, 3.8) is 0 Å². The molecule has 0 fully saturated rings. The summed E-state index contributed by atoms with van der Waals surface area (Å²) < 4.78 is 10.6. The summed E-state index contributed by atoms with van der Waals surface area (Å²) in [5.74, 6) is -0.844. The van der Waals surface area contributed by atoms with Crippen LogP contribution in [0.15, 0.2) is 66.0 Å². The van der Waals surface area contributed by atoms with Gasteiger partial charge in [-0.2, -0.15) is 0 Å². The molecule has 0 aliphatic rings. The Labute approximate surface area is 189 Å². The van der Waals surface area contributed by atoms with Gasteiger partial charge in [-0.05, 0) is 11.1 Å². The number of anilines is 1. The topological polar surface area (TPSA) is 107 Å². The summed E-state index contributed by atoms with van der Waals surface area (Å²) in [6.07, 6.45) is -0.470. The molecule has 2 aromatic carbocycles. The van der Waals surface area contributed by atoms with Crippen LogP contribution in [0.25, 0.3) is 0 Å². The van der Waals surface area contributed by atoms with E-state index in [9.17, 15) is 14.4 Å². The van der Waals surface area contributed by atoms with E-state index in [4.69, 9.17) is 9.47 Å². The van der Waals surface area contributed by atoms with Gasteiger partial charge in [-0.25, -0.2) is 14.6 Å². The molecule has 2 N–H and O–H groups in total. The molecule has 8 nitrogen and oxygen atoms in total. The second kappa shape index (κ2) is 11.6. The maximum absolute atomic E-state index is 12.7. The number of amides is 2. The highest BCUT2D eigenvalue weighted by Gasteiger charge is 2.24. The lowest BCUT2D eigenvalue weighted by atomic mass is 10.1. The van der Waals surface area contributed by atoms with Crippen LogP contribution >= 0.6 is 11.3 Å². The molecule has 1 atom stereocenters. The van der Waals surface area contributed by atoms with Crippen molar-refractivity contribution in [2.75, 3.05) is 5.32 Å². The van der Waals surface area contributed by atoms with Crippen molar-refractivity contribution in [3.8, 4) is 0 Å². The van der Waals surface area contributed by atoms with Crippen molar-refractivity contribution in [1.82, 2.24) is 10.3 Å². The van der Waals surface area contributed by atoms with E-state index in [0.29, 0.717) is 10.8 Å². The van der Waals surface area contributed by atoms with Gasteiger partial charge < -0.3 is 20.1 Å². The zero-order valence-corrected chi connectivity index (χ0v) is 18.3. The molecule has 1 aromatic heterocycles. The predicted molar refractivity (Wildman–Crippen MR) is 120 cm³/mol. The van der Waals surface area contributed by atoms with E-state index in [1.54, 1.807) is 5.38 Å². The fourth-order valence-electron chi connectivity index (χ4n) is 2.78. The van der Waals surface area contributed by atoms with Crippen LogP contribution in [-0.2, 0) is 38.7 Å². The lowest BCUT2D eigenvalue weighted by Gasteiger charge is -2.17. The first-order valence-corrected chi connectivity index (χ1v) is 10.8. The highest BCUT2D eigenvalue weighted by molar-refractivity contribution is 7.13. The van der Waals surface area contributed by atoms with Crippen LogP contribution < -0.4 is 10.6 Å². The molecule has 9 heteroatoms. The highest BCUT2D eigenvalue weighted by atomic mass is 32.1. The van der Waals surface area contributed by atoms with E-state index in [1.165, 1.54) is 18.3 Å². The predicted octanol–water partition coefficient (Wildman–Crippen LogP) is 3.68. The molecule has 0 unspecified atom stereocenters. The van der Waals surface area contributed by atoms with Crippen molar-refractivity contribution in [1.29, 1.82) is 0 Å². The van der Waals surface area contributed by atoms with Crippen LogP contribution in [0.5, 0.6) is 0 Å². The first kappa shape index (κ1) is 23.0. The van der Waals surface area contributed by atoms with Gasteiger partial charge in [0, 0.05) is 18.7 Å². The van der Waals surface area contributed by atoms with E-state index in [1.807, 2.05) is 60.7 Å². The molecule has 2 amide bonds. The molecular formula is C23H23N3O5S. The monoisotopic (exact) mass is 453 g/mol. The number of alkyl carbamates (subject to hydrolysis) is 1. The number of aromatic nitrogens is 1. The Hall–Kier alpha value is -3.72. The lowest BCUT2D eigenvalue weighted by Crippen LogP contribution is -2.43. The summed E-state index contributed by atoms with van der Waals surface area (Å²) in [5.41, 5.74) is 2.19. The molecule has 3 rings (SSSR count). The van der Waals surface area contributed by atoms with Gasteiger partial charge in [0.15, 0.2) is 5.13 Å². The molecule has 0 saturated heterocycles. The zero-order chi connectivity index (χ0) is 22.8. The van der Waals surface area contributed by atoms with Crippen LogP contribution in [0, 0.1) is 0 Å². The Morgan fingerprint density at radius 1 is 0.938 bits per heavy atom. The number of esters is 1. The molecule has 0 saturated carbocycles. The van der Waals surface area contributed by atoms with Crippen LogP contribution in [0.3, 0.4) is 0 Å². The molecule has 0 radical (unpaired) electrons. The number of nitrogens with zero attached hydrogens (tertiary/aromatic N) is 1. The van der Waals surface area contributed by atoms with E-state index >= 15 is 0 Å². The number of rotatable bonds is 9. The summed E-state index contributed by atoms with van der Waals surface area (Å²) in [6.45, 7) is 1.39. The largest absolute Gasteiger partial charge is 0.458 e. The lowest BCUT2D eigenvalue weighted by molar-refractivity contribution is -0.147. The number of carbonyl (C=O) groups excluding carboxylic acids is 3. The maximum Gasteiger partial charge on any atom is 0.408 e. The minimum absolute atomic E-state index is 0.0824. The number of hydrogen-bond acceptors (Lipinski definition) is 7. The van der Waals surface area contributed by atoms with Crippen molar-refractivity contribution in [3.05, 3.63) is 82.9 Å². The average Bonchev–Trinajstić information content (AvgIpc) is 3.23. The Balaban J connectivity index is 1.59. The quantitative estimate of drug-likeness (QED) is 0.479. The second-order valence-corrected chi connectivity index (χ2v) is 7.74. The van der Waals surface area contributed by atoms with E-state index < -0.39 is 18.1 Å². The number of benzene rings is 2. The molecule has 0 aliphatic heterocycles. The van der Waals surface area contributed by atoms with Gasteiger partial charge in [0.1, 0.15) is 19.3 Å². The molecule has 32 heavy (non-hydrogen) atoms. The van der Waals surface area contributed by atoms with Gasteiger partial charge in [0.25, 0.3) is 0 Å². The summed E-state index contributed by atoms with van der Waals surface area (Å²) in [6, 6.07) is 17.6. The van der Waals surface area contributed by atoms with Crippen LogP contribution in [-0.4, -0.2) is 29.0 Å². The third-order valence-electron chi connectivity index (χ3n) is 4.27. The third kappa shape index (κ3) is 7.51. The van der Waals surface area contributed by atoms with Crippen LogP contribution in [0.1, 0.15) is 23.7 Å². The summed E-state index contributed by atoms with van der Waals surface area (Å²) in [4.78, 5) is 40.3. The van der Waals surface area contributed by atoms with E-state index in [0.717, 1.165) is 11.1 Å². The Bertz CT molecular complexity index is 1040. The van der Waals surface area contributed by atoms with E-state index in [2.05, 4.69) is 15.6 Å². The first-order valence-electron chi connectivity index (χ1n) is 9.89. The molecule has 166 valence electrons. The average molecular weight is 454 g/mol. The van der Waals surface area contributed by atoms with E-state index in [-0.39, 0.29) is 25.5 Å². The molecule has 0 aliphatic carbocycles. The fourth-order valence-corrected chi connectivity index (χ4v) is 3.52. The fraction of sp³-hybridized carbons (Fsp3) is 0.217. The van der Waals surface area contributed by atoms with Crippen molar-refractivity contribution >= 4 is 34.4 Å². The van der Waals surface area contributed by atoms with Gasteiger partial charge in [0.05, 0.1) is 5.69 Å². The number of nitrogens with one attached hydrogen (secondary N) is 2. The normalized spacial score (nSPS) is 11.3. The first-order chi connectivity index (χ1) is 15.5. The molecule has 0 bridgehead atoms. The zero-order valence-electron chi connectivity index (χ0n) is 17.4. The summed E-state index contributed by atoms with van der Waals surface area (Å²) in [7, 11) is 0. The van der Waals surface area contributed by atoms with Crippen molar-refractivity contribution < 1.29 is 23.9 Å². The minimum Gasteiger partial charge on any atom is -0.458 e. The molecular weight excluding hydrogens is 430 g/mol. The number of carbonyl (C=O) groups is 3. The summed E-state index contributed by atoms with van der Waals surface area (Å²) in [5, 5.41) is 7.28. The van der Waals surface area contributed by atoms with Gasteiger partial charge in [-0.1, -0.05) is 60.7 Å². The Morgan fingerprint density at radius 3 is 2.25 bits per heavy atom. The second-order valence-electron chi connectivity index (χ2n) is 6.88. The minimum atomic E-state index is -0.936. The van der Waals surface area contributed by atoms with Gasteiger partial charge in [0.2, 0.25) is 5.91 Å². The van der Waals surface area contributed by atoms with Crippen LogP contribution in [0.2, 0.25) is 0 Å². The van der Waals surface area contributed by atoms with Crippen molar-refractivity contribution in [2.45, 2.75) is 32.6 Å². The van der Waals surface area contributed by atoms with Gasteiger partial charge >= 0.3 is 12.1 Å². The summed E-state index contributed by atoms with van der Waals surface area (Å²) >= 11 is 1.23. The van der Waals surface area contributed by atoms with Crippen molar-refractivity contribution in [2.24, 2.45) is 0 Å². The highest BCUT2D eigenvalue weighted by Crippen LogP contribution is 2.16.